The average Bonchev–Trinajstić information content (AvgIpc) is 2.65. The van der Waals surface area contributed by atoms with Crippen LogP contribution in [0.3, 0.4) is 0 Å². The van der Waals surface area contributed by atoms with Crippen LogP contribution in [0.15, 0.2) is 42.5 Å². The Labute approximate surface area is 169 Å². The first-order valence-electron chi connectivity index (χ1n) is 8.67. The molecule has 5 nitrogen and oxygen atoms in total. The number of hydrogen-bond donors (Lipinski definition) is 1. The monoisotopic (exact) mass is 408 g/mol. The predicted octanol–water partition coefficient (Wildman–Crippen LogP) is 4.88. The van der Waals surface area contributed by atoms with Crippen molar-refractivity contribution in [2.45, 2.75) is 26.9 Å². The van der Waals surface area contributed by atoms with Crippen molar-refractivity contribution in [3.63, 3.8) is 0 Å². The molecule has 1 atom stereocenters. The third-order valence-corrected chi connectivity index (χ3v) is 4.53. The van der Waals surface area contributed by atoms with Crippen molar-refractivity contribution in [3.8, 4) is 5.75 Å². The Morgan fingerprint density at radius 3 is 2.44 bits per heavy atom. The third kappa shape index (κ3) is 5.62. The van der Waals surface area contributed by atoms with Gasteiger partial charge in [-0.15, -0.1) is 0 Å². The summed E-state index contributed by atoms with van der Waals surface area (Å²) in [5.41, 5.74) is 1.04. The van der Waals surface area contributed by atoms with Gasteiger partial charge < -0.3 is 15.0 Å². The Kier molecular flexibility index (Phi) is 7.51. The molecule has 144 valence electrons. The fraction of sp³-hybridized carbons (Fsp3) is 0.300. The first kappa shape index (κ1) is 21.1. The number of rotatable bonds is 7. The second kappa shape index (κ2) is 9.62. The number of ether oxygens (including phenoxy) is 1. The van der Waals surface area contributed by atoms with E-state index in [2.05, 4.69) is 5.32 Å². The van der Waals surface area contributed by atoms with Gasteiger partial charge in [0, 0.05) is 29.4 Å². The highest BCUT2D eigenvalue weighted by atomic mass is 35.5. The number of carbonyl (C=O) groups excluding carboxylic acids is 2. The minimum atomic E-state index is -0.786. The smallest absolute Gasteiger partial charge is 0.265 e. The van der Waals surface area contributed by atoms with Crippen LogP contribution in [0.1, 0.15) is 31.1 Å². The summed E-state index contributed by atoms with van der Waals surface area (Å²) >= 11 is 11.9. The molecule has 2 aromatic carbocycles. The summed E-state index contributed by atoms with van der Waals surface area (Å²) in [6.07, 6.45) is -0.786. The molecule has 0 saturated carbocycles. The quantitative estimate of drug-likeness (QED) is 0.709. The second-order valence-electron chi connectivity index (χ2n) is 5.88. The molecular weight excluding hydrogens is 387 g/mol. The first-order chi connectivity index (χ1) is 12.8. The normalized spacial score (nSPS) is 11.6. The molecule has 1 unspecified atom stereocenters. The van der Waals surface area contributed by atoms with E-state index in [9.17, 15) is 9.59 Å². The molecule has 0 aliphatic heterocycles. The molecule has 0 fully saturated rings. The van der Waals surface area contributed by atoms with E-state index in [0.29, 0.717) is 40.1 Å². The van der Waals surface area contributed by atoms with Gasteiger partial charge in [-0.2, -0.15) is 0 Å². The SMILES string of the molecule is CCN(CC)C(=O)c1cccc(NC(=O)C(C)Oc2ccc(Cl)cc2Cl)c1. The maximum atomic E-state index is 12.4. The molecule has 2 rings (SSSR count). The van der Waals surface area contributed by atoms with E-state index in [1.807, 2.05) is 13.8 Å². The number of nitrogens with one attached hydrogen (secondary N) is 1. The number of hydrogen-bond acceptors (Lipinski definition) is 3. The van der Waals surface area contributed by atoms with Gasteiger partial charge in [-0.3, -0.25) is 9.59 Å². The number of anilines is 1. The molecular formula is C20H22Cl2N2O3. The lowest BCUT2D eigenvalue weighted by Crippen LogP contribution is -2.31. The summed E-state index contributed by atoms with van der Waals surface area (Å²) in [6.45, 7) is 6.71. The summed E-state index contributed by atoms with van der Waals surface area (Å²) in [5.74, 6) is -0.0593. The lowest BCUT2D eigenvalue weighted by Gasteiger charge is -2.19. The fourth-order valence-electron chi connectivity index (χ4n) is 2.48. The van der Waals surface area contributed by atoms with Crippen LogP contribution in [-0.2, 0) is 4.79 Å². The van der Waals surface area contributed by atoms with Gasteiger partial charge in [0.15, 0.2) is 6.10 Å². The Hall–Kier alpha value is -2.24. The number of halogens is 2. The zero-order chi connectivity index (χ0) is 20.0. The minimum absolute atomic E-state index is 0.0756. The fourth-order valence-corrected chi connectivity index (χ4v) is 2.94. The van der Waals surface area contributed by atoms with Gasteiger partial charge >= 0.3 is 0 Å². The molecule has 0 aliphatic rings. The maximum Gasteiger partial charge on any atom is 0.265 e. The molecule has 0 spiro atoms. The summed E-state index contributed by atoms with van der Waals surface area (Å²) < 4.78 is 5.61. The van der Waals surface area contributed by atoms with Crippen molar-refractivity contribution in [2.75, 3.05) is 18.4 Å². The van der Waals surface area contributed by atoms with Gasteiger partial charge in [-0.05, 0) is 57.2 Å². The summed E-state index contributed by atoms with van der Waals surface area (Å²) in [5, 5.41) is 3.57. The molecule has 0 aromatic heterocycles. The van der Waals surface area contributed by atoms with Gasteiger partial charge in [0.2, 0.25) is 0 Å². The van der Waals surface area contributed by atoms with E-state index in [4.69, 9.17) is 27.9 Å². The van der Waals surface area contributed by atoms with Crippen molar-refractivity contribution >= 4 is 40.7 Å². The van der Waals surface area contributed by atoms with Crippen LogP contribution in [0.5, 0.6) is 5.75 Å². The highest BCUT2D eigenvalue weighted by Crippen LogP contribution is 2.28. The molecule has 0 bridgehead atoms. The molecule has 0 heterocycles. The van der Waals surface area contributed by atoms with Crippen LogP contribution in [-0.4, -0.2) is 35.9 Å². The molecule has 27 heavy (non-hydrogen) atoms. The first-order valence-corrected chi connectivity index (χ1v) is 9.43. The van der Waals surface area contributed by atoms with Crippen LogP contribution in [0.25, 0.3) is 0 Å². The Bertz CT molecular complexity index is 823. The van der Waals surface area contributed by atoms with Gasteiger partial charge in [0.1, 0.15) is 5.75 Å². The van der Waals surface area contributed by atoms with Crippen molar-refractivity contribution in [1.82, 2.24) is 4.90 Å². The van der Waals surface area contributed by atoms with Crippen molar-refractivity contribution in [2.24, 2.45) is 0 Å². The van der Waals surface area contributed by atoms with E-state index >= 15 is 0 Å². The van der Waals surface area contributed by atoms with Crippen molar-refractivity contribution in [3.05, 3.63) is 58.1 Å². The van der Waals surface area contributed by atoms with Crippen LogP contribution >= 0.6 is 23.2 Å². The third-order valence-electron chi connectivity index (χ3n) is 3.99. The van der Waals surface area contributed by atoms with Gasteiger partial charge in [0.25, 0.3) is 11.8 Å². The maximum absolute atomic E-state index is 12.4. The molecule has 7 heteroatoms. The number of benzene rings is 2. The minimum Gasteiger partial charge on any atom is -0.479 e. The molecule has 0 saturated heterocycles. The zero-order valence-electron chi connectivity index (χ0n) is 15.5. The van der Waals surface area contributed by atoms with Gasteiger partial charge in [-0.1, -0.05) is 29.3 Å². The number of amides is 2. The lowest BCUT2D eigenvalue weighted by molar-refractivity contribution is -0.122. The largest absolute Gasteiger partial charge is 0.479 e. The van der Waals surface area contributed by atoms with E-state index in [-0.39, 0.29) is 11.8 Å². The summed E-state index contributed by atoms with van der Waals surface area (Å²) in [4.78, 5) is 26.6. The van der Waals surface area contributed by atoms with Crippen molar-refractivity contribution < 1.29 is 14.3 Å². The molecule has 1 N–H and O–H groups in total. The Morgan fingerprint density at radius 1 is 1.11 bits per heavy atom. The van der Waals surface area contributed by atoms with E-state index in [0.717, 1.165) is 0 Å². The highest BCUT2D eigenvalue weighted by Gasteiger charge is 2.18. The van der Waals surface area contributed by atoms with Crippen LogP contribution in [0.2, 0.25) is 10.0 Å². The van der Waals surface area contributed by atoms with E-state index in [1.54, 1.807) is 54.3 Å². The second-order valence-corrected chi connectivity index (χ2v) is 6.73. The van der Waals surface area contributed by atoms with Gasteiger partial charge in [0.05, 0.1) is 5.02 Å². The zero-order valence-corrected chi connectivity index (χ0v) is 17.0. The Morgan fingerprint density at radius 2 is 1.81 bits per heavy atom. The number of carbonyl (C=O) groups is 2. The number of nitrogens with zero attached hydrogens (tertiary/aromatic N) is 1. The Balaban J connectivity index is 2.06. The average molecular weight is 409 g/mol. The van der Waals surface area contributed by atoms with Crippen LogP contribution in [0.4, 0.5) is 5.69 Å². The molecule has 2 amide bonds. The van der Waals surface area contributed by atoms with Crippen LogP contribution in [0, 0.1) is 0 Å². The molecule has 2 aromatic rings. The summed E-state index contributed by atoms with van der Waals surface area (Å²) in [6, 6.07) is 11.6. The highest BCUT2D eigenvalue weighted by molar-refractivity contribution is 6.35. The van der Waals surface area contributed by atoms with E-state index in [1.165, 1.54) is 0 Å². The van der Waals surface area contributed by atoms with Crippen LogP contribution < -0.4 is 10.1 Å². The van der Waals surface area contributed by atoms with E-state index < -0.39 is 6.10 Å². The standard InChI is InChI=1S/C20H22Cl2N2O3/c1-4-24(5-2)20(26)14-7-6-8-16(11-14)23-19(25)13(3)27-18-10-9-15(21)12-17(18)22/h6-13H,4-5H2,1-3H3,(H,23,25). The lowest BCUT2D eigenvalue weighted by atomic mass is 10.1. The predicted molar refractivity (Wildman–Crippen MR) is 109 cm³/mol. The molecule has 0 radical (unpaired) electrons. The molecule has 0 aliphatic carbocycles. The van der Waals surface area contributed by atoms with Gasteiger partial charge in [-0.25, -0.2) is 0 Å². The van der Waals surface area contributed by atoms with Crippen molar-refractivity contribution in [1.29, 1.82) is 0 Å². The topological polar surface area (TPSA) is 58.6 Å². The summed E-state index contributed by atoms with van der Waals surface area (Å²) in [7, 11) is 0.